The minimum absolute atomic E-state index is 0.0359. The number of hydrogen-bond donors (Lipinski definition) is 3. The number of halogens is 1. The van der Waals surface area contributed by atoms with E-state index in [9.17, 15) is 14.7 Å². The maximum Gasteiger partial charge on any atom is 0.271 e. The molecule has 0 amide bonds. The number of rotatable bonds is 7. The number of aliphatic hydroxyl groups excluding tert-OH is 1. The summed E-state index contributed by atoms with van der Waals surface area (Å²) in [4.78, 5) is 37.9. The minimum atomic E-state index is -0.619. The number of aryl methyl sites for hydroxylation is 1. The molecule has 0 radical (unpaired) electrons. The third-order valence-corrected chi connectivity index (χ3v) is 7.94. The third kappa shape index (κ3) is 5.43. The fourth-order valence-electron chi connectivity index (χ4n) is 5.58. The molecule has 3 N–H and O–H groups in total. The molecule has 44 heavy (non-hydrogen) atoms. The molecule has 226 valence electrons. The summed E-state index contributed by atoms with van der Waals surface area (Å²) in [7, 11) is 3.61. The molecule has 0 unspecified atom stereocenters. The Kier molecular flexibility index (Phi) is 7.90. The molecule has 0 aliphatic carbocycles. The average molecular weight is 597 g/mol. The van der Waals surface area contributed by atoms with Crippen molar-refractivity contribution >= 4 is 33.7 Å². The molecule has 1 aliphatic rings. The molecule has 0 atom stereocenters. The molecule has 0 saturated carbocycles. The monoisotopic (exact) mass is 596 g/mol. The van der Waals surface area contributed by atoms with E-state index in [-0.39, 0.29) is 16.6 Å². The molecule has 1 fully saturated rings. The standard InChI is InChI=1S/C33H33FN6O4/c1-20-25(17-28(32(42)36-20)37-30-8-7-22(18-35-30)39-11-13-44-14-12-39)24-5-4-6-29(26(24)19-41)40-10-9-21-15-23(38(2)3)16-27(34)31(21)33(40)43/h4-10,15-18,41H,11-14,19H2,1-3H3,(H,35,37)(H,36,42). The highest BCUT2D eigenvalue weighted by Gasteiger charge is 2.18. The van der Waals surface area contributed by atoms with E-state index < -0.39 is 18.0 Å². The summed E-state index contributed by atoms with van der Waals surface area (Å²) in [6.45, 7) is 4.29. The van der Waals surface area contributed by atoms with Crippen LogP contribution in [0.2, 0.25) is 0 Å². The molecule has 0 bridgehead atoms. The number of ether oxygens (including phenoxy) is 1. The van der Waals surface area contributed by atoms with Crippen LogP contribution in [0, 0.1) is 12.7 Å². The zero-order valence-electron chi connectivity index (χ0n) is 24.7. The molecule has 2 aromatic carbocycles. The van der Waals surface area contributed by atoms with Crippen LogP contribution in [0.5, 0.6) is 0 Å². The van der Waals surface area contributed by atoms with Gasteiger partial charge in [-0.3, -0.25) is 14.2 Å². The summed E-state index contributed by atoms with van der Waals surface area (Å²) in [6, 6.07) is 15.5. The van der Waals surface area contributed by atoms with Crippen LogP contribution < -0.4 is 26.2 Å². The summed E-state index contributed by atoms with van der Waals surface area (Å²) >= 11 is 0. The number of nitrogens with one attached hydrogen (secondary N) is 2. The Hall–Kier alpha value is -5.00. The highest BCUT2D eigenvalue weighted by Crippen LogP contribution is 2.32. The van der Waals surface area contributed by atoms with Crippen LogP contribution in [0.4, 0.5) is 27.3 Å². The van der Waals surface area contributed by atoms with Gasteiger partial charge in [0, 0.05) is 55.9 Å². The summed E-state index contributed by atoms with van der Waals surface area (Å²) in [5, 5.41) is 14.1. The second-order valence-electron chi connectivity index (χ2n) is 10.9. The van der Waals surface area contributed by atoms with E-state index in [1.807, 2.05) is 18.2 Å². The Bertz CT molecular complexity index is 1960. The van der Waals surface area contributed by atoms with Crippen molar-refractivity contribution in [1.82, 2.24) is 14.5 Å². The van der Waals surface area contributed by atoms with Gasteiger partial charge in [0.05, 0.1) is 42.8 Å². The molecule has 1 aliphatic heterocycles. The zero-order chi connectivity index (χ0) is 31.0. The highest BCUT2D eigenvalue weighted by molar-refractivity contribution is 5.86. The van der Waals surface area contributed by atoms with Crippen molar-refractivity contribution in [2.45, 2.75) is 13.5 Å². The number of aliphatic hydroxyl groups is 1. The van der Waals surface area contributed by atoms with Gasteiger partial charge < -0.3 is 29.9 Å². The van der Waals surface area contributed by atoms with Gasteiger partial charge in [-0.2, -0.15) is 0 Å². The van der Waals surface area contributed by atoms with Gasteiger partial charge in [-0.1, -0.05) is 12.1 Å². The summed E-state index contributed by atoms with van der Waals surface area (Å²) in [5.74, 6) is -0.119. The lowest BCUT2D eigenvalue weighted by atomic mass is 9.96. The number of aromatic amines is 1. The van der Waals surface area contributed by atoms with Gasteiger partial charge >= 0.3 is 0 Å². The van der Waals surface area contributed by atoms with E-state index in [1.165, 1.54) is 10.6 Å². The molecule has 1 saturated heterocycles. The van der Waals surface area contributed by atoms with E-state index in [4.69, 9.17) is 4.74 Å². The maximum absolute atomic E-state index is 15.2. The van der Waals surface area contributed by atoms with Crippen molar-refractivity contribution in [2.24, 2.45) is 0 Å². The minimum Gasteiger partial charge on any atom is -0.392 e. The number of hydrogen-bond acceptors (Lipinski definition) is 8. The summed E-state index contributed by atoms with van der Waals surface area (Å²) in [6.07, 6.45) is 3.34. The van der Waals surface area contributed by atoms with Crippen molar-refractivity contribution in [3.63, 3.8) is 0 Å². The second-order valence-corrected chi connectivity index (χ2v) is 10.9. The number of pyridine rings is 3. The molecule has 4 heterocycles. The SMILES string of the molecule is Cc1[nH]c(=O)c(Nc2ccc(N3CCOCC3)cn2)cc1-c1cccc(-n2ccc3cc(N(C)C)cc(F)c3c2=O)c1CO. The van der Waals surface area contributed by atoms with Crippen LogP contribution in [-0.2, 0) is 11.3 Å². The van der Waals surface area contributed by atoms with Gasteiger partial charge in [-0.05, 0) is 60.3 Å². The van der Waals surface area contributed by atoms with Crippen LogP contribution in [-0.4, -0.2) is 60.0 Å². The number of nitrogens with zero attached hydrogens (tertiary/aromatic N) is 4. The molecule has 10 nitrogen and oxygen atoms in total. The first kappa shape index (κ1) is 29.1. The average Bonchev–Trinajstić information content (AvgIpc) is 3.02. The Morgan fingerprint density at radius 3 is 2.57 bits per heavy atom. The summed E-state index contributed by atoms with van der Waals surface area (Å²) in [5.41, 5.74) is 3.74. The lowest BCUT2D eigenvalue weighted by molar-refractivity contribution is 0.122. The smallest absolute Gasteiger partial charge is 0.271 e. The normalized spacial score (nSPS) is 13.3. The Balaban J connectivity index is 1.38. The predicted molar refractivity (Wildman–Crippen MR) is 171 cm³/mol. The zero-order valence-corrected chi connectivity index (χ0v) is 24.7. The van der Waals surface area contributed by atoms with Gasteiger partial charge in [0.2, 0.25) is 0 Å². The number of H-pyrrole nitrogens is 1. The van der Waals surface area contributed by atoms with Gasteiger partial charge in [-0.25, -0.2) is 9.37 Å². The van der Waals surface area contributed by atoms with Gasteiger partial charge in [0.1, 0.15) is 17.3 Å². The van der Waals surface area contributed by atoms with Crippen LogP contribution in [0.15, 0.2) is 76.6 Å². The number of aromatic nitrogens is 3. The quantitative estimate of drug-likeness (QED) is 0.254. The van der Waals surface area contributed by atoms with Crippen molar-refractivity contribution in [2.75, 3.05) is 55.5 Å². The Morgan fingerprint density at radius 1 is 1.07 bits per heavy atom. The number of fused-ring (bicyclic) bond motifs is 1. The molecule has 3 aromatic heterocycles. The molecular weight excluding hydrogens is 563 g/mol. The third-order valence-electron chi connectivity index (χ3n) is 7.94. The Labute approximate surface area is 253 Å². The van der Waals surface area contributed by atoms with Gasteiger partial charge in [0.15, 0.2) is 0 Å². The fraction of sp³-hybridized carbons (Fsp3) is 0.242. The van der Waals surface area contributed by atoms with Crippen molar-refractivity contribution in [3.8, 4) is 16.8 Å². The summed E-state index contributed by atoms with van der Waals surface area (Å²) < 4.78 is 21.9. The van der Waals surface area contributed by atoms with Crippen LogP contribution in [0.3, 0.4) is 0 Å². The Morgan fingerprint density at radius 2 is 1.86 bits per heavy atom. The van der Waals surface area contributed by atoms with E-state index >= 15 is 4.39 Å². The van der Waals surface area contributed by atoms with E-state index in [2.05, 4.69) is 20.2 Å². The largest absolute Gasteiger partial charge is 0.392 e. The van der Waals surface area contributed by atoms with Crippen molar-refractivity contribution < 1.29 is 14.2 Å². The van der Waals surface area contributed by atoms with Gasteiger partial charge in [0.25, 0.3) is 11.1 Å². The molecule has 11 heteroatoms. The van der Waals surface area contributed by atoms with E-state index in [0.29, 0.717) is 58.2 Å². The second kappa shape index (κ2) is 11.9. The van der Waals surface area contributed by atoms with Crippen LogP contribution >= 0.6 is 0 Å². The van der Waals surface area contributed by atoms with Crippen LogP contribution in [0.1, 0.15) is 11.3 Å². The van der Waals surface area contributed by atoms with Crippen LogP contribution in [0.25, 0.3) is 27.6 Å². The van der Waals surface area contributed by atoms with E-state index in [1.54, 1.807) is 68.6 Å². The first-order valence-corrected chi connectivity index (χ1v) is 14.3. The van der Waals surface area contributed by atoms with E-state index in [0.717, 1.165) is 18.8 Å². The molecule has 0 spiro atoms. The molecule has 5 aromatic rings. The lowest BCUT2D eigenvalue weighted by Gasteiger charge is -2.28. The van der Waals surface area contributed by atoms with Gasteiger partial charge in [-0.15, -0.1) is 0 Å². The van der Waals surface area contributed by atoms with Crippen molar-refractivity contribution in [3.05, 3.63) is 105 Å². The molecular formula is C33H33FN6O4. The number of anilines is 4. The number of morpholine rings is 1. The first-order valence-electron chi connectivity index (χ1n) is 14.3. The van der Waals surface area contributed by atoms with Crippen molar-refractivity contribution in [1.29, 1.82) is 0 Å². The fourth-order valence-corrected chi connectivity index (χ4v) is 5.58. The number of benzene rings is 2. The highest BCUT2D eigenvalue weighted by atomic mass is 19.1. The topological polar surface area (TPSA) is 116 Å². The lowest BCUT2D eigenvalue weighted by Crippen LogP contribution is -2.36. The maximum atomic E-state index is 15.2. The molecule has 6 rings (SSSR count). The first-order chi connectivity index (χ1) is 21.2. The predicted octanol–water partition coefficient (Wildman–Crippen LogP) is 4.33.